The largest absolute Gasteiger partial charge is 0.399 e. The van der Waals surface area contributed by atoms with Crippen molar-refractivity contribution in [2.45, 2.75) is 0 Å². The van der Waals surface area contributed by atoms with Crippen LogP contribution in [0.2, 0.25) is 0 Å². The number of carbonyl (C=O) groups is 1. The van der Waals surface area contributed by atoms with Gasteiger partial charge in [-0.05, 0) is 46.3 Å². The van der Waals surface area contributed by atoms with E-state index in [0.29, 0.717) is 15.8 Å². The predicted octanol–water partition coefficient (Wildman–Crippen LogP) is 2.82. The van der Waals surface area contributed by atoms with E-state index in [0.717, 1.165) is 6.20 Å². The van der Waals surface area contributed by atoms with Crippen LogP contribution in [0.4, 0.5) is 15.8 Å². The number of benzene rings is 1. The van der Waals surface area contributed by atoms with Gasteiger partial charge in [0.05, 0.1) is 11.9 Å². The van der Waals surface area contributed by atoms with Crippen molar-refractivity contribution in [1.29, 1.82) is 0 Å². The fourth-order valence-corrected chi connectivity index (χ4v) is 1.68. The van der Waals surface area contributed by atoms with Crippen LogP contribution < -0.4 is 11.1 Å². The number of nitrogen functional groups attached to an aromatic ring is 1. The first-order valence-electron chi connectivity index (χ1n) is 5.04. The number of nitrogens with two attached hydrogens (primary N) is 1. The minimum absolute atomic E-state index is 0.130. The van der Waals surface area contributed by atoms with E-state index in [1.807, 2.05) is 0 Å². The lowest BCUT2D eigenvalue weighted by Crippen LogP contribution is -2.14. The highest BCUT2D eigenvalue weighted by molar-refractivity contribution is 9.10. The van der Waals surface area contributed by atoms with E-state index < -0.39 is 11.7 Å². The number of aromatic nitrogens is 1. The Kier molecular flexibility index (Phi) is 3.57. The quantitative estimate of drug-likeness (QED) is 0.838. The molecule has 0 atom stereocenters. The highest BCUT2D eigenvalue weighted by atomic mass is 79.9. The molecular formula is C12H9BrFN3O. The molecule has 1 amide bonds. The first-order valence-corrected chi connectivity index (χ1v) is 5.83. The van der Waals surface area contributed by atoms with Gasteiger partial charge in [0.15, 0.2) is 0 Å². The van der Waals surface area contributed by atoms with Gasteiger partial charge in [0.2, 0.25) is 0 Å². The van der Waals surface area contributed by atoms with Gasteiger partial charge in [0, 0.05) is 10.2 Å². The normalized spacial score (nSPS) is 10.1. The summed E-state index contributed by atoms with van der Waals surface area (Å²) in [6.07, 6.45) is 0.989. The summed E-state index contributed by atoms with van der Waals surface area (Å²) in [6.45, 7) is 0. The molecule has 1 aromatic carbocycles. The molecule has 92 valence electrons. The van der Waals surface area contributed by atoms with Crippen molar-refractivity contribution in [3.63, 3.8) is 0 Å². The monoisotopic (exact) mass is 309 g/mol. The average molecular weight is 310 g/mol. The Hall–Kier alpha value is -1.95. The summed E-state index contributed by atoms with van der Waals surface area (Å²) in [6, 6.07) is 7.53. The third-order valence-electron chi connectivity index (χ3n) is 2.20. The van der Waals surface area contributed by atoms with Gasteiger partial charge < -0.3 is 11.1 Å². The number of anilines is 2. The zero-order valence-corrected chi connectivity index (χ0v) is 10.7. The van der Waals surface area contributed by atoms with Crippen LogP contribution in [0.1, 0.15) is 10.5 Å². The molecule has 0 bridgehead atoms. The first kappa shape index (κ1) is 12.5. The van der Waals surface area contributed by atoms with E-state index in [2.05, 4.69) is 26.2 Å². The van der Waals surface area contributed by atoms with Gasteiger partial charge in [0.1, 0.15) is 11.5 Å². The van der Waals surface area contributed by atoms with E-state index in [-0.39, 0.29) is 5.69 Å². The molecule has 2 rings (SSSR count). The molecular weight excluding hydrogens is 301 g/mol. The molecule has 0 aliphatic carbocycles. The summed E-state index contributed by atoms with van der Waals surface area (Å²) in [5, 5.41) is 2.64. The maximum atomic E-state index is 12.7. The third kappa shape index (κ3) is 2.84. The molecule has 3 N–H and O–H groups in total. The summed E-state index contributed by atoms with van der Waals surface area (Å²) >= 11 is 3.29. The summed E-state index contributed by atoms with van der Waals surface area (Å²) in [5.41, 5.74) is 6.82. The van der Waals surface area contributed by atoms with Crippen LogP contribution >= 0.6 is 15.9 Å². The van der Waals surface area contributed by atoms with Crippen molar-refractivity contribution in [2.24, 2.45) is 0 Å². The molecule has 0 saturated heterocycles. The van der Waals surface area contributed by atoms with Gasteiger partial charge in [-0.25, -0.2) is 9.37 Å². The number of carbonyl (C=O) groups excluding carboxylic acids is 1. The van der Waals surface area contributed by atoms with Crippen LogP contribution in [0.3, 0.4) is 0 Å². The Morgan fingerprint density at radius 1 is 1.33 bits per heavy atom. The molecule has 4 nitrogen and oxygen atoms in total. The smallest absolute Gasteiger partial charge is 0.274 e. The van der Waals surface area contributed by atoms with Crippen LogP contribution in [-0.2, 0) is 0 Å². The van der Waals surface area contributed by atoms with Crippen molar-refractivity contribution in [3.05, 3.63) is 52.5 Å². The molecule has 0 unspecified atom stereocenters. The lowest BCUT2D eigenvalue weighted by atomic mass is 10.2. The molecule has 2 aromatic rings. The Balaban J connectivity index is 2.21. The molecule has 6 heteroatoms. The van der Waals surface area contributed by atoms with Gasteiger partial charge >= 0.3 is 0 Å². The molecule has 0 fully saturated rings. The van der Waals surface area contributed by atoms with Crippen molar-refractivity contribution >= 4 is 33.2 Å². The number of hydrogen-bond donors (Lipinski definition) is 2. The van der Waals surface area contributed by atoms with E-state index >= 15 is 0 Å². The zero-order chi connectivity index (χ0) is 13.1. The Morgan fingerprint density at radius 2 is 2.11 bits per heavy atom. The summed E-state index contributed by atoms with van der Waals surface area (Å²) < 4.78 is 13.4. The first-order chi connectivity index (χ1) is 8.56. The minimum atomic E-state index is -0.489. The summed E-state index contributed by atoms with van der Waals surface area (Å²) in [4.78, 5) is 15.5. The van der Waals surface area contributed by atoms with Crippen LogP contribution in [0.15, 0.2) is 41.0 Å². The van der Waals surface area contributed by atoms with Gasteiger partial charge in [-0.3, -0.25) is 4.79 Å². The average Bonchev–Trinajstić information content (AvgIpc) is 2.34. The van der Waals surface area contributed by atoms with Crippen LogP contribution in [0.5, 0.6) is 0 Å². The summed E-state index contributed by atoms with van der Waals surface area (Å²) in [7, 11) is 0. The van der Waals surface area contributed by atoms with Crippen molar-refractivity contribution in [3.8, 4) is 0 Å². The van der Waals surface area contributed by atoms with Gasteiger partial charge in [-0.15, -0.1) is 0 Å². The number of nitrogens with one attached hydrogen (secondary N) is 1. The predicted molar refractivity (Wildman–Crippen MR) is 70.7 cm³/mol. The van der Waals surface area contributed by atoms with Crippen molar-refractivity contribution < 1.29 is 9.18 Å². The summed E-state index contributed by atoms with van der Waals surface area (Å²) in [5.74, 6) is -0.919. The lowest BCUT2D eigenvalue weighted by Gasteiger charge is -2.07. The van der Waals surface area contributed by atoms with Gasteiger partial charge in [-0.1, -0.05) is 0 Å². The lowest BCUT2D eigenvalue weighted by molar-refractivity contribution is 0.102. The number of hydrogen-bond acceptors (Lipinski definition) is 3. The molecule has 0 radical (unpaired) electrons. The molecule has 0 saturated carbocycles. The van der Waals surface area contributed by atoms with E-state index in [1.165, 1.54) is 12.1 Å². The van der Waals surface area contributed by atoms with E-state index in [4.69, 9.17) is 5.73 Å². The Morgan fingerprint density at radius 3 is 2.78 bits per heavy atom. The highest BCUT2D eigenvalue weighted by Crippen LogP contribution is 2.24. The third-order valence-corrected chi connectivity index (χ3v) is 2.89. The maximum absolute atomic E-state index is 12.7. The second-order valence-electron chi connectivity index (χ2n) is 3.56. The van der Waals surface area contributed by atoms with Crippen LogP contribution in [0, 0.1) is 5.82 Å². The van der Waals surface area contributed by atoms with E-state index in [9.17, 15) is 9.18 Å². The fraction of sp³-hybridized carbons (Fsp3) is 0. The highest BCUT2D eigenvalue weighted by Gasteiger charge is 2.09. The van der Waals surface area contributed by atoms with Crippen molar-refractivity contribution in [1.82, 2.24) is 4.98 Å². The number of rotatable bonds is 2. The van der Waals surface area contributed by atoms with Crippen LogP contribution in [0.25, 0.3) is 0 Å². The second kappa shape index (κ2) is 5.14. The fourth-order valence-electron chi connectivity index (χ4n) is 1.34. The molecule has 1 aromatic heterocycles. The number of halogens is 2. The number of amides is 1. The molecule has 0 aliphatic heterocycles. The van der Waals surface area contributed by atoms with Gasteiger partial charge in [-0.2, -0.15) is 0 Å². The Labute approximate surface area is 111 Å². The standard InChI is InChI=1S/C12H9BrFN3O/c13-9-3-2-8(15)5-11(9)17-12(18)10-4-1-7(14)6-16-10/h1-6H,15H2,(H,17,18). The van der Waals surface area contributed by atoms with E-state index in [1.54, 1.807) is 18.2 Å². The Bertz CT molecular complexity index is 586. The van der Waals surface area contributed by atoms with Gasteiger partial charge in [0.25, 0.3) is 5.91 Å². The number of nitrogens with zero attached hydrogens (tertiary/aromatic N) is 1. The molecule has 18 heavy (non-hydrogen) atoms. The topological polar surface area (TPSA) is 68.0 Å². The molecule has 1 heterocycles. The zero-order valence-electron chi connectivity index (χ0n) is 9.15. The number of pyridine rings is 1. The minimum Gasteiger partial charge on any atom is -0.399 e. The van der Waals surface area contributed by atoms with Crippen LogP contribution in [-0.4, -0.2) is 10.9 Å². The second-order valence-corrected chi connectivity index (χ2v) is 4.41. The molecule has 0 spiro atoms. The van der Waals surface area contributed by atoms with Crippen molar-refractivity contribution in [2.75, 3.05) is 11.1 Å². The molecule has 0 aliphatic rings. The maximum Gasteiger partial charge on any atom is 0.274 e. The SMILES string of the molecule is Nc1ccc(Br)c(NC(=O)c2ccc(F)cn2)c1.